The number of benzene rings is 2. The first kappa shape index (κ1) is 20.0. The van der Waals surface area contributed by atoms with Crippen LogP contribution in [-0.4, -0.2) is 17.0 Å². The van der Waals surface area contributed by atoms with Gasteiger partial charge in [0.2, 0.25) is 5.91 Å². The van der Waals surface area contributed by atoms with Crippen molar-refractivity contribution in [3.8, 4) is 11.3 Å². The van der Waals surface area contributed by atoms with E-state index in [0.29, 0.717) is 17.1 Å². The van der Waals surface area contributed by atoms with Gasteiger partial charge in [-0.25, -0.2) is 5.43 Å². The molecule has 3 rings (SSSR count). The van der Waals surface area contributed by atoms with Crippen molar-refractivity contribution in [3.63, 3.8) is 0 Å². The van der Waals surface area contributed by atoms with Crippen LogP contribution >= 0.6 is 0 Å². The first-order valence-electron chi connectivity index (χ1n) is 9.21. The Morgan fingerprint density at radius 3 is 2.55 bits per heavy atom. The average molecular weight is 391 g/mol. The lowest BCUT2D eigenvalue weighted by atomic mass is 10.1. The highest BCUT2D eigenvalue weighted by Gasteiger charge is 2.13. The fourth-order valence-corrected chi connectivity index (χ4v) is 2.84. The van der Waals surface area contributed by atoms with E-state index in [-0.39, 0.29) is 18.0 Å². The summed E-state index contributed by atoms with van der Waals surface area (Å²) in [4.78, 5) is 22.5. The molecule has 1 N–H and O–H groups in total. The van der Waals surface area contributed by atoms with Crippen molar-refractivity contribution in [2.45, 2.75) is 26.7 Å². The number of rotatable bonds is 7. The maximum Gasteiger partial charge on any atom is 0.270 e. The molecule has 7 heteroatoms. The lowest BCUT2D eigenvalue weighted by Gasteiger charge is -2.02. The minimum Gasteiger partial charge on any atom is -0.455 e. The highest BCUT2D eigenvalue weighted by atomic mass is 16.6. The molecule has 0 aliphatic carbocycles. The number of nitro groups is 1. The van der Waals surface area contributed by atoms with Gasteiger partial charge in [0.25, 0.3) is 5.69 Å². The Morgan fingerprint density at radius 2 is 1.86 bits per heavy atom. The number of carbonyl (C=O) groups excluding carboxylic acids is 1. The van der Waals surface area contributed by atoms with Gasteiger partial charge in [-0.3, -0.25) is 14.9 Å². The molecule has 7 nitrogen and oxygen atoms in total. The van der Waals surface area contributed by atoms with Crippen molar-refractivity contribution in [3.05, 3.63) is 87.2 Å². The zero-order chi connectivity index (χ0) is 20.8. The van der Waals surface area contributed by atoms with E-state index in [2.05, 4.69) is 17.5 Å². The monoisotopic (exact) mass is 391 g/mol. The fraction of sp³-hybridized carbons (Fsp3) is 0.182. The highest BCUT2D eigenvalue weighted by Crippen LogP contribution is 2.28. The molecule has 2 aromatic carbocycles. The molecule has 0 aliphatic rings. The van der Waals surface area contributed by atoms with Crippen molar-refractivity contribution in [1.82, 2.24) is 5.43 Å². The highest BCUT2D eigenvalue weighted by molar-refractivity contribution is 5.82. The Hall–Kier alpha value is -3.74. The molecule has 0 fully saturated rings. The van der Waals surface area contributed by atoms with Gasteiger partial charge in [0.1, 0.15) is 11.5 Å². The first-order chi connectivity index (χ1) is 14.0. The van der Waals surface area contributed by atoms with Gasteiger partial charge in [0.05, 0.1) is 17.6 Å². The van der Waals surface area contributed by atoms with Gasteiger partial charge in [-0.2, -0.15) is 5.10 Å². The maximum atomic E-state index is 12.0. The lowest BCUT2D eigenvalue weighted by Crippen LogP contribution is -2.19. The number of furan rings is 1. The molecule has 0 saturated carbocycles. The number of hydrogen-bond acceptors (Lipinski definition) is 5. The topological polar surface area (TPSA) is 97.7 Å². The summed E-state index contributed by atoms with van der Waals surface area (Å²) in [6.45, 7) is 3.93. The molecule has 0 aliphatic heterocycles. The van der Waals surface area contributed by atoms with Crippen LogP contribution in [0.1, 0.15) is 29.4 Å². The van der Waals surface area contributed by atoms with Crippen LogP contribution in [0.4, 0.5) is 5.69 Å². The van der Waals surface area contributed by atoms with Crippen molar-refractivity contribution in [1.29, 1.82) is 0 Å². The molecule has 0 saturated heterocycles. The largest absolute Gasteiger partial charge is 0.455 e. The number of aryl methyl sites for hydroxylation is 2. The Kier molecular flexibility index (Phi) is 6.19. The number of non-ortho nitro benzene ring substituents is 1. The molecule has 1 amide bonds. The molecule has 0 unspecified atom stereocenters. The van der Waals surface area contributed by atoms with E-state index in [4.69, 9.17) is 4.42 Å². The molecule has 29 heavy (non-hydrogen) atoms. The number of nitro benzene ring substituents is 1. The number of amides is 1. The maximum absolute atomic E-state index is 12.0. The van der Waals surface area contributed by atoms with Gasteiger partial charge in [-0.15, -0.1) is 0 Å². The summed E-state index contributed by atoms with van der Waals surface area (Å²) in [5.74, 6) is 0.695. The number of nitrogens with one attached hydrogen (secondary N) is 1. The van der Waals surface area contributed by atoms with Crippen molar-refractivity contribution in [2.75, 3.05) is 0 Å². The summed E-state index contributed by atoms with van der Waals surface area (Å²) in [6, 6.07) is 15.9. The van der Waals surface area contributed by atoms with Crippen LogP contribution in [0.5, 0.6) is 0 Å². The predicted octanol–water partition coefficient (Wildman–Crippen LogP) is 4.42. The van der Waals surface area contributed by atoms with E-state index >= 15 is 0 Å². The SMILES string of the molecule is CCc1ccc(CC(=O)N/N=C\c2ccc(-c3cc([N+](=O)[O-])ccc3C)o2)cc1. The van der Waals surface area contributed by atoms with Gasteiger partial charge < -0.3 is 4.42 Å². The third-order valence-corrected chi connectivity index (χ3v) is 4.50. The van der Waals surface area contributed by atoms with E-state index in [1.54, 1.807) is 18.2 Å². The van der Waals surface area contributed by atoms with Crippen LogP contribution in [0.15, 0.2) is 64.1 Å². The third-order valence-electron chi connectivity index (χ3n) is 4.50. The van der Waals surface area contributed by atoms with E-state index in [0.717, 1.165) is 17.5 Å². The van der Waals surface area contributed by atoms with Gasteiger partial charge in [-0.1, -0.05) is 37.3 Å². The average Bonchev–Trinajstić information content (AvgIpc) is 3.17. The standard InChI is InChI=1S/C22H21N3O4/c1-3-16-5-7-17(8-6-16)12-22(26)24-23-14-19-10-11-21(29-19)20-13-18(25(27)28)9-4-15(20)2/h4-11,13-14H,3,12H2,1-2H3,(H,24,26)/b23-14-. The number of carbonyl (C=O) groups is 1. The Morgan fingerprint density at radius 1 is 1.14 bits per heavy atom. The molecule has 1 aromatic heterocycles. The zero-order valence-corrected chi connectivity index (χ0v) is 16.2. The molecule has 0 atom stereocenters. The van der Waals surface area contributed by atoms with Crippen LogP contribution in [0.2, 0.25) is 0 Å². The van der Waals surface area contributed by atoms with Crippen LogP contribution in [0.3, 0.4) is 0 Å². The van der Waals surface area contributed by atoms with Gasteiger partial charge in [0.15, 0.2) is 0 Å². The van der Waals surface area contributed by atoms with Crippen molar-refractivity contribution in [2.24, 2.45) is 5.10 Å². The predicted molar refractivity (Wildman–Crippen MR) is 111 cm³/mol. The lowest BCUT2D eigenvalue weighted by molar-refractivity contribution is -0.384. The summed E-state index contributed by atoms with van der Waals surface area (Å²) in [5.41, 5.74) is 6.10. The molecule has 148 valence electrons. The Balaban J connectivity index is 1.62. The molecule has 0 radical (unpaired) electrons. The van der Waals surface area contributed by atoms with E-state index in [1.807, 2.05) is 31.2 Å². The van der Waals surface area contributed by atoms with E-state index in [1.165, 1.54) is 23.9 Å². The second-order valence-corrected chi connectivity index (χ2v) is 6.60. The number of hydrazone groups is 1. The van der Waals surface area contributed by atoms with Crippen LogP contribution in [0.25, 0.3) is 11.3 Å². The zero-order valence-electron chi connectivity index (χ0n) is 16.2. The first-order valence-corrected chi connectivity index (χ1v) is 9.21. The molecule has 1 heterocycles. The molecule has 0 bridgehead atoms. The molecule has 0 spiro atoms. The van der Waals surface area contributed by atoms with E-state index in [9.17, 15) is 14.9 Å². The second-order valence-electron chi connectivity index (χ2n) is 6.60. The van der Waals surface area contributed by atoms with Crippen LogP contribution < -0.4 is 5.43 Å². The number of nitrogens with zero attached hydrogens (tertiary/aromatic N) is 2. The van der Waals surface area contributed by atoms with Gasteiger partial charge in [0, 0.05) is 17.7 Å². The quantitative estimate of drug-likeness (QED) is 0.366. The van der Waals surface area contributed by atoms with E-state index < -0.39 is 4.92 Å². The van der Waals surface area contributed by atoms with Crippen molar-refractivity contribution < 1.29 is 14.1 Å². The molecular weight excluding hydrogens is 370 g/mol. The number of hydrogen-bond donors (Lipinski definition) is 1. The normalized spacial score (nSPS) is 11.0. The second kappa shape index (κ2) is 8.97. The molecule has 3 aromatic rings. The fourth-order valence-electron chi connectivity index (χ4n) is 2.84. The minimum atomic E-state index is -0.445. The molecular formula is C22H21N3O4. The van der Waals surface area contributed by atoms with Crippen LogP contribution in [0, 0.1) is 17.0 Å². The summed E-state index contributed by atoms with van der Waals surface area (Å²) >= 11 is 0. The summed E-state index contributed by atoms with van der Waals surface area (Å²) < 4.78 is 5.69. The summed E-state index contributed by atoms with van der Waals surface area (Å²) in [6.07, 6.45) is 2.59. The van der Waals surface area contributed by atoms with Gasteiger partial charge in [-0.05, 0) is 42.2 Å². The van der Waals surface area contributed by atoms with Crippen LogP contribution in [-0.2, 0) is 17.6 Å². The smallest absolute Gasteiger partial charge is 0.270 e. The van der Waals surface area contributed by atoms with Gasteiger partial charge >= 0.3 is 0 Å². The van der Waals surface area contributed by atoms with Crippen molar-refractivity contribution >= 4 is 17.8 Å². The summed E-state index contributed by atoms with van der Waals surface area (Å²) in [7, 11) is 0. The Labute approximate surface area is 168 Å². The Bertz CT molecular complexity index is 1050. The minimum absolute atomic E-state index is 0.00329. The summed E-state index contributed by atoms with van der Waals surface area (Å²) in [5, 5.41) is 14.9. The third kappa shape index (κ3) is 5.16.